The van der Waals surface area contributed by atoms with Crippen LogP contribution in [0.15, 0.2) is 18.2 Å². The first kappa shape index (κ1) is 13.6. The number of benzene rings is 1. The van der Waals surface area contributed by atoms with Crippen molar-refractivity contribution in [3.63, 3.8) is 0 Å². The SMILES string of the molecule is CCN(CC)C(=O)CCc1ccc(F)c(F)c1. The van der Waals surface area contributed by atoms with E-state index in [1.165, 1.54) is 6.07 Å². The van der Waals surface area contributed by atoms with Gasteiger partial charge in [0, 0.05) is 19.5 Å². The predicted molar refractivity (Wildman–Crippen MR) is 62.6 cm³/mol. The molecule has 0 aliphatic heterocycles. The maximum Gasteiger partial charge on any atom is 0.222 e. The van der Waals surface area contributed by atoms with Crippen molar-refractivity contribution in [2.45, 2.75) is 26.7 Å². The van der Waals surface area contributed by atoms with Crippen molar-refractivity contribution >= 4 is 5.91 Å². The zero-order valence-corrected chi connectivity index (χ0v) is 10.2. The Morgan fingerprint density at radius 3 is 2.35 bits per heavy atom. The highest BCUT2D eigenvalue weighted by Crippen LogP contribution is 2.11. The summed E-state index contributed by atoms with van der Waals surface area (Å²) in [6, 6.07) is 3.74. The molecule has 94 valence electrons. The largest absolute Gasteiger partial charge is 0.343 e. The Morgan fingerprint density at radius 2 is 1.82 bits per heavy atom. The van der Waals surface area contributed by atoms with Crippen LogP contribution in [-0.4, -0.2) is 23.9 Å². The maximum absolute atomic E-state index is 12.9. The van der Waals surface area contributed by atoms with E-state index in [-0.39, 0.29) is 5.91 Å². The molecule has 0 unspecified atom stereocenters. The number of amides is 1. The first-order chi connectivity index (χ1) is 8.08. The second kappa shape index (κ2) is 6.33. The minimum atomic E-state index is -0.863. The first-order valence-electron chi connectivity index (χ1n) is 5.80. The lowest BCUT2D eigenvalue weighted by Crippen LogP contribution is -2.30. The predicted octanol–water partition coefficient (Wildman–Crippen LogP) is 2.77. The molecule has 2 nitrogen and oxygen atoms in total. The first-order valence-corrected chi connectivity index (χ1v) is 5.80. The van der Waals surface area contributed by atoms with Gasteiger partial charge in [-0.1, -0.05) is 6.07 Å². The third kappa shape index (κ3) is 3.80. The van der Waals surface area contributed by atoms with Crippen LogP contribution >= 0.6 is 0 Å². The summed E-state index contributed by atoms with van der Waals surface area (Å²) in [5, 5.41) is 0. The highest BCUT2D eigenvalue weighted by Gasteiger charge is 2.10. The van der Waals surface area contributed by atoms with Crippen LogP contribution in [0.5, 0.6) is 0 Å². The zero-order chi connectivity index (χ0) is 12.8. The molecule has 0 aliphatic carbocycles. The number of aryl methyl sites for hydroxylation is 1. The maximum atomic E-state index is 12.9. The lowest BCUT2D eigenvalue weighted by Gasteiger charge is -2.18. The number of carbonyl (C=O) groups is 1. The van der Waals surface area contributed by atoms with E-state index in [9.17, 15) is 13.6 Å². The van der Waals surface area contributed by atoms with Gasteiger partial charge in [-0.2, -0.15) is 0 Å². The zero-order valence-electron chi connectivity index (χ0n) is 10.2. The lowest BCUT2D eigenvalue weighted by atomic mass is 10.1. The molecule has 1 rings (SSSR count). The van der Waals surface area contributed by atoms with Crippen LogP contribution in [0.4, 0.5) is 8.78 Å². The number of nitrogens with zero attached hydrogens (tertiary/aromatic N) is 1. The van der Waals surface area contributed by atoms with Crippen LogP contribution in [0.2, 0.25) is 0 Å². The molecule has 17 heavy (non-hydrogen) atoms. The molecule has 0 spiro atoms. The summed E-state index contributed by atoms with van der Waals surface area (Å²) in [6.07, 6.45) is 0.763. The Bertz CT molecular complexity index is 389. The fraction of sp³-hybridized carbons (Fsp3) is 0.462. The molecule has 0 fully saturated rings. The van der Waals surface area contributed by atoms with E-state index in [4.69, 9.17) is 0 Å². The van der Waals surface area contributed by atoms with Crippen molar-refractivity contribution in [2.24, 2.45) is 0 Å². The van der Waals surface area contributed by atoms with Crippen molar-refractivity contribution in [2.75, 3.05) is 13.1 Å². The van der Waals surface area contributed by atoms with E-state index in [2.05, 4.69) is 0 Å². The molecule has 0 saturated heterocycles. The molecular formula is C13H17F2NO. The van der Waals surface area contributed by atoms with Gasteiger partial charge in [-0.3, -0.25) is 4.79 Å². The normalized spacial score (nSPS) is 10.4. The van der Waals surface area contributed by atoms with Gasteiger partial charge in [-0.05, 0) is 38.0 Å². The van der Waals surface area contributed by atoms with Gasteiger partial charge in [0.1, 0.15) is 0 Å². The fourth-order valence-electron chi connectivity index (χ4n) is 1.68. The third-order valence-electron chi connectivity index (χ3n) is 2.73. The van der Waals surface area contributed by atoms with Gasteiger partial charge in [0.25, 0.3) is 0 Å². The molecule has 0 bridgehead atoms. The van der Waals surface area contributed by atoms with E-state index in [1.54, 1.807) is 4.90 Å². The van der Waals surface area contributed by atoms with Crippen LogP contribution in [0, 0.1) is 11.6 Å². The molecule has 1 aromatic carbocycles. The van der Waals surface area contributed by atoms with Crippen LogP contribution < -0.4 is 0 Å². The van der Waals surface area contributed by atoms with Gasteiger partial charge >= 0.3 is 0 Å². The van der Waals surface area contributed by atoms with Crippen LogP contribution in [0.25, 0.3) is 0 Å². The van der Waals surface area contributed by atoms with Gasteiger partial charge < -0.3 is 4.90 Å². The van der Waals surface area contributed by atoms with Crippen molar-refractivity contribution in [1.29, 1.82) is 0 Å². The number of hydrogen-bond acceptors (Lipinski definition) is 1. The summed E-state index contributed by atoms with van der Waals surface area (Å²) in [6.45, 7) is 5.18. The minimum Gasteiger partial charge on any atom is -0.343 e. The van der Waals surface area contributed by atoms with Crippen molar-refractivity contribution in [3.05, 3.63) is 35.4 Å². The Morgan fingerprint density at radius 1 is 1.18 bits per heavy atom. The van der Waals surface area contributed by atoms with Crippen LogP contribution in [0.3, 0.4) is 0 Å². The Labute approximate surface area is 100 Å². The van der Waals surface area contributed by atoms with Crippen LogP contribution in [0.1, 0.15) is 25.8 Å². The summed E-state index contributed by atoms with van der Waals surface area (Å²) in [7, 11) is 0. The summed E-state index contributed by atoms with van der Waals surface area (Å²) in [5.41, 5.74) is 0.643. The van der Waals surface area contributed by atoms with Crippen molar-refractivity contribution < 1.29 is 13.6 Å². The Hall–Kier alpha value is -1.45. The molecule has 0 N–H and O–H groups in total. The monoisotopic (exact) mass is 241 g/mol. The van der Waals surface area contributed by atoms with Gasteiger partial charge in [-0.25, -0.2) is 8.78 Å². The summed E-state index contributed by atoms with van der Waals surface area (Å²) in [5.74, 6) is -1.68. The molecule has 0 heterocycles. The Kier molecular flexibility index (Phi) is 5.07. The summed E-state index contributed by atoms with van der Waals surface area (Å²) >= 11 is 0. The summed E-state index contributed by atoms with van der Waals surface area (Å²) < 4.78 is 25.6. The standard InChI is InChI=1S/C13H17F2NO/c1-3-16(4-2)13(17)8-6-10-5-7-11(14)12(15)9-10/h5,7,9H,3-4,6,8H2,1-2H3. The second-order valence-electron chi connectivity index (χ2n) is 3.81. The molecule has 0 radical (unpaired) electrons. The van der Waals surface area contributed by atoms with Crippen molar-refractivity contribution in [1.82, 2.24) is 4.90 Å². The van der Waals surface area contributed by atoms with Gasteiger partial charge in [0.05, 0.1) is 0 Å². The number of rotatable bonds is 5. The molecule has 1 amide bonds. The highest BCUT2D eigenvalue weighted by molar-refractivity contribution is 5.76. The Balaban J connectivity index is 2.55. The minimum absolute atomic E-state index is 0.0414. The average molecular weight is 241 g/mol. The van der Waals surface area contributed by atoms with E-state index >= 15 is 0 Å². The van der Waals surface area contributed by atoms with Gasteiger partial charge in [-0.15, -0.1) is 0 Å². The molecule has 1 aromatic rings. The van der Waals surface area contributed by atoms with E-state index in [0.717, 1.165) is 12.1 Å². The van der Waals surface area contributed by atoms with Gasteiger partial charge in [0.2, 0.25) is 5.91 Å². The number of halogens is 2. The average Bonchev–Trinajstić information content (AvgIpc) is 2.32. The molecule has 4 heteroatoms. The third-order valence-corrected chi connectivity index (χ3v) is 2.73. The topological polar surface area (TPSA) is 20.3 Å². The quantitative estimate of drug-likeness (QED) is 0.776. The summed E-state index contributed by atoms with van der Waals surface area (Å²) in [4.78, 5) is 13.4. The highest BCUT2D eigenvalue weighted by atomic mass is 19.2. The number of carbonyl (C=O) groups excluding carboxylic acids is 1. The molecule has 0 atom stereocenters. The molecule has 0 saturated carbocycles. The fourth-order valence-corrected chi connectivity index (χ4v) is 1.68. The van der Waals surface area contributed by atoms with E-state index in [1.807, 2.05) is 13.8 Å². The molecule has 0 aromatic heterocycles. The van der Waals surface area contributed by atoms with E-state index < -0.39 is 11.6 Å². The van der Waals surface area contributed by atoms with E-state index in [0.29, 0.717) is 31.5 Å². The van der Waals surface area contributed by atoms with Crippen LogP contribution in [-0.2, 0) is 11.2 Å². The van der Waals surface area contributed by atoms with Crippen molar-refractivity contribution in [3.8, 4) is 0 Å². The second-order valence-corrected chi connectivity index (χ2v) is 3.81. The lowest BCUT2D eigenvalue weighted by molar-refractivity contribution is -0.130. The molecular weight excluding hydrogens is 224 g/mol. The number of hydrogen-bond donors (Lipinski definition) is 0. The van der Waals surface area contributed by atoms with Gasteiger partial charge in [0.15, 0.2) is 11.6 Å². The smallest absolute Gasteiger partial charge is 0.222 e. The molecule has 0 aliphatic rings.